The Balaban J connectivity index is 2.36. The van der Waals surface area contributed by atoms with Gasteiger partial charge in [-0.2, -0.15) is 0 Å². The van der Waals surface area contributed by atoms with E-state index in [-0.39, 0.29) is 9.36 Å². The van der Waals surface area contributed by atoms with Crippen LogP contribution in [-0.4, -0.2) is 4.57 Å². The second-order valence-electron chi connectivity index (χ2n) is 4.32. The number of rotatable bonds is 3. The van der Waals surface area contributed by atoms with E-state index in [1.807, 2.05) is 38.1 Å². The molecule has 0 amide bonds. The fourth-order valence-electron chi connectivity index (χ4n) is 1.79. The van der Waals surface area contributed by atoms with E-state index >= 15 is 0 Å². The van der Waals surface area contributed by atoms with Crippen molar-refractivity contribution in [1.82, 2.24) is 4.57 Å². The zero-order valence-electron chi connectivity index (χ0n) is 10.6. The van der Waals surface area contributed by atoms with Gasteiger partial charge in [-0.1, -0.05) is 64.4 Å². The molecule has 0 aliphatic rings. The average Bonchev–Trinajstić information content (AvgIpc) is 2.59. The molecule has 2 nitrogen and oxygen atoms in total. The van der Waals surface area contributed by atoms with Gasteiger partial charge in [0.1, 0.15) is 4.49 Å². The SMILES string of the molecule is Cc1ccc(Cn2c(C)c(C=C(Cl)Cl)sc2=O)cc1. The molecule has 2 aromatic rings. The van der Waals surface area contributed by atoms with Crippen molar-refractivity contribution >= 4 is 40.6 Å². The molecule has 0 aliphatic carbocycles. The highest BCUT2D eigenvalue weighted by atomic mass is 35.5. The number of nitrogens with zero attached hydrogens (tertiary/aromatic N) is 1. The molecule has 0 saturated carbocycles. The lowest BCUT2D eigenvalue weighted by Gasteiger charge is -2.05. The number of benzene rings is 1. The van der Waals surface area contributed by atoms with Crippen molar-refractivity contribution in [2.45, 2.75) is 20.4 Å². The first-order valence-corrected chi connectivity index (χ1v) is 7.33. The highest BCUT2D eigenvalue weighted by Crippen LogP contribution is 2.20. The lowest BCUT2D eigenvalue weighted by atomic mass is 10.1. The van der Waals surface area contributed by atoms with Gasteiger partial charge in [-0.25, -0.2) is 0 Å². The van der Waals surface area contributed by atoms with Crippen molar-refractivity contribution in [2.24, 2.45) is 0 Å². The third kappa shape index (κ3) is 3.50. The molecule has 0 saturated heterocycles. The summed E-state index contributed by atoms with van der Waals surface area (Å²) in [5.41, 5.74) is 3.19. The second kappa shape index (κ2) is 5.95. The van der Waals surface area contributed by atoms with E-state index in [0.29, 0.717) is 6.54 Å². The predicted octanol–water partition coefficient (Wildman–Crippen LogP) is 4.35. The van der Waals surface area contributed by atoms with Crippen LogP contribution in [0.1, 0.15) is 21.7 Å². The van der Waals surface area contributed by atoms with Crippen LogP contribution in [0.5, 0.6) is 0 Å². The molecule has 5 heteroatoms. The van der Waals surface area contributed by atoms with E-state index in [2.05, 4.69) is 0 Å². The van der Waals surface area contributed by atoms with Crippen LogP contribution in [-0.2, 0) is 6.54 Å². The van der Waals surface area contributed by atoms with Crippen molar-refractivity contribution in [3.05, 3.63) is 60.1 Å². The molecule has 0 fully saturated rings. The lowest BCUT2D eigenvalue weighted by Crippen LogP contribution is -2.15. The molecule has 0 N–H and O–H groups in total. The average molecular weight is 314 g/mol. The maximum absolute atomic E-state index is 12.0. The second-order valence-corrected chi connectivity index (χ2v) is 6.32. The van der Waals surface area contributed by atoms with Gasteiger partial charge in [-0.15, -0.1) is 0 Å². The van der Waals surface area contributed by atoms with Crippen LogP contribution in [0.25, 0.3) is 6.08 Å². The van der Waals surface area contributed by atoms with Gasteiger partial charge in [0, 0.05) is 5.69 Å². The highest BCUT2D eigenvalue weighted by Gasteiger charge is 2.10. The first kappa shape index (κ1) is 14.4. The van der Waals surface area contributed by atoms with Crippen LogP contribution < -0.4 is 4.87 Å². The van der Waals surface area contributed by atoms with Crippen molar-refractivity contribution < 1.29 is 0 Å². The maximum Gasteiger partial charge on any atom is 0.308 e. The summed E-state index contributed by atoms with van der Waals surface area (Å²) in [6, 6.07) is 8.14. The zero-order valence-corrected chi connectivity index (χ0v) is 12.9. The third-order valence-electron chi connectivity index (χ3n) is 2.88. The van der Waals surface area contributed by atoms with Crippen LogP contribution in [0, 0.1) is 13.8 Å². The van der Waals surface area contributed by atoms with E-state index in [0.717, 1.165) is 27.5 Å². The molecule has 1 heterocycles. The van der Waals surface area contributed by atoms with E-state index in [4.69, 9.17) is 23.2 Å². The quantitative estimate of drug-likeness (QED) is 0.825. The topological polar surface area (TPSA) is 22.0 Å². The summed E-state index contributed by atoms with van der Waals surface area (Å²) < 4.78 is 1.89. The summed E-state index contributed by atoms with van der Waals surface area (Å²) in [6.45, 7) is 4.50. The number of hydrogen-bond donors (Lipinski definition) is 0. The van der Waals surface area contributed by atoms with Crippen molar-refractivity contribution in [3.63, 3.8) is 0 Å². The summed E-state index contributed by atoms with van der Waals surface area (Å²) in [5.74, 6) is 0. The Morgan fingerprint density at radius 1 is 1.26 bits per heavy atom. The van der Waals surface area contributed by atoms with Crippen molar-refractivity contribution in [3.8, 4) is 0 Å². The van der Waals surface area contributed by atoms with Gasteiger partial charge in [0.15, 0.2) is 0 Å². The molecule has 0 aliphatic heterocycles. The van der Waals surface area contributed by atoms with Crippen LogP contribution >= 0.6 is 34.5 Å². The van der Waals surface area contributed by atoms with Crippen LogP contribution in [0.2, 0.25) is 0 Å². The molecule has 0 atom stereocenters. The Morgan fingerprint density at radius 2 is 1.89 bits per heavy atom. The van der Waals surface area contributed by atoms with Gasteiger partial charge in [-0.05, 0) is 25.5 Å². The van der Waals surface area contributed by atoms with Crippen molar-refractivity contribution in [1.29, 1.82) is 0 Å². The fraction of sp³-hybridized carbons (Fsp3) is 0.214. The zero-order chi connectivity index (χ0) is 14.0. The number of aryl methyl sites for hydroxylation is 1. The first-order chi connectivity index (χ1) is 8.97. The summed E-state index contributed by atoms with van der Waals surface area (Å²) in [5, 5.41) is 0. The molecule has 0 unspecified atom stereocenters. The predicted molar refractivity (Wildman–Crippen MR) is 83.3 cm³/mol. The van der Waals surface area contributed by atoms with Gasteiger partial charge in [-0.3, -0.25) is 9.36 Å². The van der Waals surface area contributed by atoms with Gasteiger partial charge in [0.25, 0.3) is 0 Å². The third-order valence-corrected chi connectivity index (χ3v) is 4.13. The number of hydrogen-bond acceptors (Lipinski definition) is 2. The Kier molecular flexibility index (Phi) is 4.50. The molecule has 0 bridgehead atoms. The van der Waals surface area contributed by atoms with E-state index in [1.165, 1.54) is 5.56 Å². The fourth-order valence-corrected chi connectivity index (χ4v) is 3.07. The van der Waals surface area contributed by atoms with E-state index in [9.17, 15) is 4.79 Å². The Hall–Kier alpha value is -1.03. The number of aromatic nitrogens is 1. The molecule has 2 rings (SSSR count). The van der Waals surface area contributed by atoms with Crippen LogP contribution in [0.4, 0.5) is 0 Å². The summed E-state index contributed by atoms with van der Waals surface area (Å²) in [7, 11) is 0. The molecular formula is C14H13Cl2NOS. The van der Waals surface area contributed by atoms with Gasteiger partial charge in [0.2, 0.25) is 0 Å². The minimum absolute atomic E-state index is 0.00101. The largest absolute Gasteiger partial charge is 0.308 e. The van der Waals surface area contributed by atoms with Gasteiger partial charge in [0.05, 0.1) is 11.4 Å². The molecule has 19 heavy (non-hydrogen) atoms. The summed E-state index contributed by atoms with van der Waals surface area (Å²) in [6.07, 6.45) is 1.61. The molecule has 1 aromatic carbocycles. The molecule has 100 valence electrons. The van der Waals surface area contributed by atoms with Gasteiger partial charge >= 0.3 is 4.87 Å². The molecule has 0 radical (unpaired) electrons. The minimum Gasteiger partial charge on any atom is -0.298 e. The monoisotopic (exact) mass is 313 g/mol. The first-order valence-electron chi connectivity index (χ1n) is 5.76. The summed E-state index contributed by atoms with van der Waals surface area (Å²) in [4.78, 5) is 12.8. The Morgan fingerprint density at radius 3 is 2.47 bits per heavy atom. The van der Waals surface area contributed by atoms with E-state index < -0.39 is 0 Å². The summed E-state index contributed by atoms with van der Waals surface area (Å²) >= 11 is 12.4. The normalized spacial score (nSPS) is 10.5. The van der Waals surface area contributed by atoms with Crippen molar-refractivity contribution in [2.75, 3.05) is 0 Å². The number of halogens is 2. The van der Waals surface area contributed by atoms with Gasteiger partial charge < -0.3 is 0 Å². The smallest absolute Gasteiger partial charge is 0.298 e. The molecular weight excluding hydrogens is 301 g/mol. The minimum atomic E-state index is -0.00101. The van der Waals surface area contributed by atoms with E-state index in [1.54, 1.807) is 10.6 Å². The maximum atomic E-state index is 12.0. The van der Waals surface area contributed by atoms with Crippen LogP contribution in [0.15, 0.2) is 33.6 Å². The standard InChI is InChI=1S/C14H13Cl2NOS/c1-9-3-5-11(6-4-9)8-17-10(2)12(7-13(15)16)19-14(17)18/h3-7H,8H2,1-2H3. The molecule has 1 aromatic heterocycles. The van der Waals surface area contributed by atoms with Crippen LogP contribution in [0.3, 0.4) is 0 Å². The number of thiazole rings is 1. The molecule has 0 spiro atoms. The Labute approximate surface area is 125 Å². The highest BCUT2D eigenvalue weighted by molar-refractivity contribution is 7.10. The Bertz CT molecular complexity index is 664. The lowest BCUT2D eigenvalue weighted by molar-refractivity contribution is 0.754.